The Morgan fingerprint density at radius 3 is 2.26 bits per heavy atom. The van der Waals surface area contributed by atoms with Crippen LogP contribution < -0.4 is 10.6 Å². The smallest absolute Gasteiger partial charge is 0.345 e. The van der Waals surface area contributed by atoms with Crippen molar-refractivity contribution in [2.45, 2.75) is 38.2 Å². The number of carbonyl (C=O) groups excluding carboxylic acids is 2. The van der Waals surface area contributed by atoms with Crippen LogP contribution in [-0.2, 0) is 4.79 Å². The highest BCUT2D eigenvalue weighted by atomic mass is 79.9. The summed E-state index contributed by atoms with van der Waals surface area (Å²) in [5.74, 6) is -4.44. The van der Waals surface area contributed by atoms with Gasteiger partial charge in [0, 0.05) is 4.47 Å². The summed E-state index contributed by atoms with van der Waals surface area (Å²) in [6, 6.07) is 5.86. The number of hydrogen-bond acceptors (Lipinski definition) is 2. The lowest BCUT2D eigenvalue weighted by molar-refractivity contribution is -0.139. The van der Waals surface area contributed by atoms with Crippen LogP contribution in [0.5, 0.6) is 0 Å². The van der Waals surface area contributed by atoms with Crippen molar-refractivity contribution in [2.24, 2.45) is 0 Å². The van der Waals surface area contributed by atoms with Crippen molar-refractivity contribution in [1.82, 2.24) is 10.6 Å². The summed E-state index contributed by atoms with van der Waals surface area (Å²) in [5.41, 5.74) is 0.252. The van der Waals surface area contributed by atoms with Crippen molar-refractivity contribution in [3.05, 3.63) is 75.0 Å². The Balaban J connectivity index is 2.16. The van der Waals surface area contributed by atoms with Gasteiger partial charge in [-0.3, -0.25) is 9.59 Å². The Morgan fingerprint density at radius 2 is 1.71 bits per heavy atom. The lowest BCUT2D eigenvalue weighted by atomic mass is 9.95. The Labute approximate surface area is 204 Å². The van der Waals surface area contributed by atoms with Crippen LogP contribution in [0.2, 0.25) is 0 Å². The highest BCUT2D eigenvalue weighted by molar-refractivity contribution is 9.10. The van der Waals surface area contributed by atoms with E-state index in [1.54, 1.807) is 5.32 Å². The van der Waals surface area contributed by atoms with Crippen molar-refractivity contribution in [3.8, 4) is 0 Å². The second-order valence-corrected chi connectivity index (χ2v) is 8.51. The van der Waals surface area contributed by atoms with Crippen LogP contribution in [0.4, 0.5) is 30.7 Å². The average molecular weight is 569 g/mol. The molecule has 0 aromatic heterocycles. The molecule has 2 N–H and O–H groups in total. The molecule has 0 saturated heterocycles. The first-order valence-electron chi connectivity index (χ1n) is 10.0. The zero-order chi connectivity index (χ0) is 26.6. The van der Waals surface area contributed by atoms with Crippen LogP contribution in [-0.4, -0.2) is 36.8 Å². The second kappa shape index (κ2) is 11.2. The fourth-order valence-corrected chi connectivity index (χ4v) is 3.55. The first-order chi connectivity index (χ1) is 16.1. The van der Waals surface area contributed by atoms with Gasteiger partial charge in [0.1, 0.15) is 18.4 Å². The predicted octanol–water partition coefficient (Wildman–Crippen LogP) is 6.05. The van der Waals surface area contributed by atoms with Gasteiger partial charge in [0.2, 0.25) is 5.91 Å². The summed E-state index contributed by atoms with van der Waals surface area (Å²) in [5, 5.41) is 3.90. The predicted molar refractivity (Wildman–Crippen MR) is 119 cm³/mol. The Morgan fingerprint density at radius 1 is 1.06 bits per heavy atom. The van der Waals surface area contributed by atoms with Crippen molar-refractivity contribution in [3.63, 3.8) is 0 Å². The van der Waals surface area contributed by atoms with Crippen LogP contribution in [0, 0.1) is 12.7 Å². The van der Waals surface area contributed by atoms with E-state index in [4.69, 9.17) is 0 Å². The van der Waals surface area contributed by atoms with E-state index < -0.39 is 48.5 Å². The van der Waals surface area contributed by atoms with Crippen molar-refractivity contribution < 1.29 is 40.3 Å². The average Bonchev–Trinajstić information content (AvgIpc) is 2.73. The molecule has 190 valence electrons. The molecule has 2 aromatic rings. The monoisotopic (exact) mass is 568 g/mol. The molecule has 35 heavy (non-hydrogen) atoms. The minimum atomic E-state index is -4.64. The third kappa shape index (κ3) is 8.37. The van der Waals surface area contributed by atoms with Crippen LogP contribution >= 0.6 is 15.9 Å². The molecule has 0 spiro atoms. The summed E-state index contributed by atoms with van der Waals surface area (Å²) >= 11 is 3.13. The zero-order valence-corrected chi connectivity index (χ0v) is 19.9. The minimum absolute atomic E-state index is 0.0131. The Hall–Kier alpha value is -2.89. The molecule has 0 radical (unpaired) electrons. The molecular formula is C23H20BrF7N2O2. The molecule has 0 fully saturated rings. The number of allylic oxidation sites excluding steroid dienone is 1. The van der Waals surface area contributed by atoms with Gasteiger partial charge in [-0.2, -0.15) is 26.3 Å². The summed E-state index contributed by atoms with van der Waals surface area (Å²) in [4.78, 5) is 24.1. The lowest BCUT2D eigenvalue weighted by Crippen LogP contribution is -2.47. The fourth-order valence-electron chi connectivity index (χ4n) is 2.98. The maximum Gasteiger partial charge on any atom is 0.405 e. The summed E-state index contributed by atoms with van der Waals surface area (Å²) in [6.45, 7) is 1.01. The first kappa shape index (κ1) is 28.3. The SMILES string of the molecule is Cc1cc(C(C=Cc2ccc(C(=O)NC(C)C(=O)NCC(F)(F)F)c(Br)c2)C(F)(F)F)ccc1F. The van der Waals surface area contributed by atoms with Gasteiger partial charge in [-0.25, -0.2) is 4.39 Å². The van der Waals surface area contributed by atoms with E-state index in [2.05, 4.69) is 21.2 Å². The van der Waals surface area contributed by atoms with Gasteiger partial charge in [0.05, 0.1) is 11.5 Å². The molecule has 2 amide bonds. The van der Waals surface area contributed by atoms with E-state index in [0.29, 0.717) is 5.56 Å². The highest BCUT2D eigenvalue weighted by Crippen LogP contribution is 2.37. The normalized spacial score (nSPS) is 14.0. The van der Waals surface area contributed by atoms with Gasteiger partial charge in [-0.05, 0) is 64.7 Å². The molecule has 0 aliphatic heterocycles. The maximum atomic E-state index is 13.6. The summed E-state index contributed by atoms with van der Waals surface area (Å²) in [7, 11) is 0. The molecular weight excluding hydrogens is 549 g/mol. The third-order valence-electron chi connectivity index (χ3n) is 4.82. The molecule has 0 heterocycles. The Bertz CT molecular complexity index is 1110. The quantitative estimate of drug-likeness (QED) is 0.399. The number of hydrogen-bond donors (Lipinski definition) is 2. The lowest BCUT2D eigenvalue weighted by Gasteiger charge is -2.18. The fraction of sp³-hybridized carbons (Fsp3) is 0.304. The third-order valence-corrected chi connectivity index (χ3v) is 5.47. The van der Waals surface area contributed by atoms with Crippen LogP contribution in [0.1, 0.15) is 39.9 Å². The van der Waals surface area contributed by atoms with Gasteiger partial charge in [0.15, 0.2) is 0 Å². The molecule has 0 bridgehead atoms. The largest absolute Gasteiger partial charge is 0.405 e. The van der Waals surface area contributed by atoms with E-state index in [9.17, 15) is 40.3 Å². The van der Waals surface area contributed by atoms with Crippen molar-refractivity contribution in [1.29, 1.82) is 0 Å². The van der Waals surface area contributed by atoms with E-state index >= 15 is 0 Å². The first-order valence-corrected chi connectivity index (χ1v) is 10.8. The van der Waals surface area contributed by atoms with Gasteiger partial charge < -0.3 is 10.6 Å². The highest BCUT2D eigenvalue weighted by Gasteiger charge is 2.39. The van der Waals surface area contributed by atoms with Crippen LogP contribution in [0.15, 0.2) is 46.9 Å². The molecule has 0 aliphatic rings. The van der Waals surface area contributed by atoms with E-state index in [-0.39, 0.29) is 21.2 Å². The van der Waals surface area contributed by atoms with E-state index in [0.717, 1.165) is 24.3 Å². The molecule has 2 unspecified atom stereocenters. The van der Waals surface area contributed by atoms with Crippen LogP contribution in [0.3, 0.4) is 0 Å². The topological polar surface area (TPSA) is 58.2 Å². The second-order valence-electron chi connectivity index (χ2n) is 7.65. The number of alkyl halides is 6. The number of nitrogens with one attached hydrogen (secondary N) is 2. The van der Waals surface area contributed by atoms with E-state index in [1.165, 1.54) is 38.1 Å². The molecule has 2 aromatic carbocycles. The standard InChI is InChI=1S/C23H20BrF7N2O2/c1-12-9-15(5-8-19(12)25)17(23(29,30)31)7-4-14-3-6-16(18(24)10-14)21(35)33-13(2)20(34)32-11-22(26,27)28/h3-10,13,17H,11H2,1-2H3,(H,32,34)(H,33,35). The van der Waals surface area contributed by atoms with Gasteiger partial charge in [-0.15, -0.1) is 0 Å². The van der Waals surface area contributed by atoms with Crippen molar-refractivity contribution in [2.75, 3.05) is 6.54 Å². The number of benzene rings is 2. The number of aryl methyl sites for hydroxylation is 1. The molecule has 12 heteroatoms. The van der Waals surface area contributed by atoms with Crippen molar-refractivity contribution >= 4 is 33.8 Å². The minimum Gasteiger partial charge on any atom is -0.345 e. The zero-order valence-electron chi connectivity index (χ0n) is 18.3. The Kier molecular flexibility index (Phi) is 9.10. The summed E-state index contributed by atoms with van der Waals surface area (Å²) < 4.78 is 91.1. The van der Waals surface area contributed by atoms with Gasteiger partial charge in [-0.1, -0.05) is 30.4 Å². The number of amides is 2. The number of carbonyl (C=O) groups is 2. The maximum absolute atomic E-state index is 13.6. The van der Waals surface area contributed by atoms with Crippen LogP contribution in [0.25, 0.3) is 6.08 Å². The van der Waals surface area contributed by atoms with Gasteiger partial charge >= 0.3 is 12.4 Å². The molecule has 0 saturated carbocycles. The van der Waals surface area contributed by atoms with E-state index in [1.807, 2.05) is 0 Å². The number of halogens is 8. The summed E-state index contributed by atoms with van der Waals surface area (Å²) in [6.07, 6.45) is -7.15. The number of rotatable bonds is 7. The molecule has 2 atom stereocenters. The molecule has 0 aliphatic carbocycles. The molecule has 2 rings (SSSR count). The van der Waals surface area contributed by atoms with Gasteiger partial charge in [0.25, 0.3) is 5.91 Å². The molecule has 4 nitrogen and oxygen atoms in total.